The standard InChI is InChI=1S/C15H15NO6S.C8H8O4.C7H8ClNO2S/c1-3-23(19,20)14-5-4-12(9-16-14)22-13-7-10(15(18)21-2)6-11(17)8-13;1-12-8(11)5-2-6(9)4-7(10)3-5;1-2-12(10,11)7-4-3-6(8)5-9-7/h4-9,17H,3H2,1-2H3;2-4,9-10H,1H3;3-5H,2H2,1H3. The number of benzene rings is 2. The van der Waals surface area contributed by atoms with Gasteiger partial charge in [0.25, 0.3) is 0 Å². The lowest BCUT2D eigenvalue weighted by Gasteiger charge is -2.08. The van der Waals surface area contributed by atoms with Gasteiger partial charge in [0.05, 0.1) is 48.1 Å². The summed E-state index contributed by atoms with van der Waals surface area (Å²) in [5.74, 6) is -1.25. The van der Waals surface area contributed by atoms with Crippen molar-refractivity contribution < 1.29 is 56.0 Å². The highest BCUT2D eigenvalue weighted by molar-refractivity contribution is 7.91. The number of carbonyl (C=O) groups excluding carboxylic acids is 2. The quantitative estimate of drug-likeness (QED) is 0.214. The Hall–Kier alpha value is -4.93. The Morgan fingerprint density at radius 1 is 0.660 bits per heavy atom. The van der Waals surface area contributed by atoms with Crippen molar-refractivity contribution in [1.82, 2.24) is 9.97 Å². The molecule has 47 heavy (non-hydrogen) atoms. The number of aromatic hydroxyl groups is 3. The van der Waals surface area contributed by atoms with Gasteiger partial charge in [0.2, 0.25) is 0 Å². The van der Waals surface area contributed by atoms with E-state index in [1.807, 2.05) is 0 Å². The molecule has 14 nitrogen and oxygen atoms in total. The third-order valence-electron chi connectivity index (χ3n) is 5.68. The Morgan fingerprint density at radius 2 is 1.11 bits per heavy atom. The van der Waals surface area contributed by atoms with E-state index in [-0.39, 0.29) is 61.4 Å². The molecule has 4 aromatic rings. The third kappa shape index (κ3) is 11.7. The van der Waals surface area contributed by atoms with E-state index in [1.165, 1.54) is 88.1 Å². The number of halogens is 1. The van der Waals surface area contributed by atoms with E-state index in [2.05, 4.69) is 19.4 Å². The summed E-state index contributed by atoms with van der Waals surface area (Å²) in [6.45, 7) is 3.11. The summed E-state index contributed by atoms with van der Waals surface area (Å²) in [6.07, 6.45) is 2.58. The Kier molecular flexibility index (Phi) is 13.9. The van der Waals surface area contributed by atoms with Crippen LogP contribution in [0.1, 0.15) is 34.6 Å². The molecule has 0 aliphatic carbocycles. The first-order valence-electron chi connectivity index (χ1n) is 13.3. The zero-order valence-corrected chi connectivity index (χ0v) is 27.8. The van der Waals surface area contributed by atoms with Crippen LogP contribution >= 0.6 is 11.6 Å². The number of methoxy groups -OCH3 is 2. The van der Waals surface area contributed by atoms with Crippen molar-refractivity contribution in [3.63, 3.8) is 0 Å². The lowest BCUT2D eigenvalue weighted by atomic mass is 10.2. The van der Waals surface area contributed by atoms with Crippen LogP contribution in [0.25, 0.3) is 0 Å². The summed E-state index contributed by atoms with van der Waals surface area (Å²) in [7, 11) is -4.12. The Balaban J connectivity index is 0.000000270. The molecule has 0 aliphatic heterocycles. The molecule has 2 aromatic carbocycles. The van der Waals surface area contributed by atoms with Gasteiger partial charge in [-0.2, -0.15) is 0 Å². The topological polar surface area (TPSA) is 217 Å². The summed E-state index contributed by atoms with van der Waals surface area (Å²) in [5, 5.41) is 28.0. The van der Waals surface area contributed by atoms with Crippen LogP contribution in [0.5, 0.6) is 28.7 Å². The number of carbonyl (C=O) groups is 2. The van der Waals surface area contributed by atoms with Gasteiger partial charge in [-0.1, -0.05) is 25.4 Å². The van der Waals surface area contributed by atoms with Gasteiger partial charge < -0.3 is 29.5 Å². The van der Waals surface area contributed by atoms with Crippen LogP contribution in [0.4, 0.5) is 0 Å². The predicted molar refractivity (Wildman–Crippen MR) is 170 cm³/mol. The third-order valence-corrected chi connectivity index (χ3v) is 9.18. The van der Waals surface area contributed by atoms with Crippen LogP contribution in [-0.4, -0.2) is 79.8 Å². The van der Waals surface area contributed by atoms with Gasteiger partial charge in [0, 0.05) is 18.3 Å². The van der Waals surface area contributed by atoms with Gasteiger partial charge in [-0.25, -0.2) is 36.4 Å². The lowest BCUT2D eigenvalue weighted by molar-refractivity contribution is 0.0591. The number of phenolic OH excluding ortho intramolecular Hbond substituents is 3. The smallest absolute Gasteiger partial charge is 0.338 e. The molecule has 0 fully saturated rings. The fraction of sp³-hybridized carbons (Fsp3) is 0.200. The van der Waals surface area contributed by atoms with Crippen LogP contribution in [0.2, 0.25) is 5.02 Å². The summed E-state index contributed by atoms with van der Waals surface area (Å²) in [6, 6.07) is 13.2. The molecule has 2 heterocycles. The largest absolute Gasteiger partial charge is 0.508 e. The molecule has 0 saturated heterocycles. The maximum Gasteiger partial charge on any atom is 0.338 e. The van der Waals surface area contributed by atoms with Crippen LogP contribution in [0.15, 0.2) is 83.1 Å². The van der Waals surface area contributed by atoms with Crippen LogP contribution in [0.3, 0.4) is 0 Å². The predicted octanol–water partition coefficient (Wildman–Crippen LogP) is 4.57. The highest BCUT2D eigenvalue weighted by Crippen LogP contribution is 2.27. The Morgan fingerprint density at radius 3 is 1.51 bits per heavy atom. The molecule has 252 valence electrons. The second-order valence-electron chi connectivity index (χ2n) is 8.99. The zero-order valence-electron chi connectivity index (χ0n) is 25.4. The van der Waals surface area contributed by atoms with Gasteiger partial charge in [0.1, 0.15) is 28.7 Å². The maximum absolute atomic E-state index is 11.7. The normalized spacial score (nSPS) is 10.7. The number of rotatable bonds is 8. The summed E-state index contributed by atoms with van der Waals surface area (Å²) in [5.41, 5.74) is 0.246. The number of phenols is 3. The second-order valence-corrected chi connectivity index (χ2v) is 13.9. The fourth-order valence-electron chi connectivity index (χ4n) is 3.30. The molecule has 0 radical (unpaired) electrons. The maximum atomic E-state index is 11.7. The minimum Gasteiger partial charge on any atom is -0.508 e. The number of esters is 2. The molecule has 0 saturated carbocycles. The number of aromatic nitrogens is 2. The zero-order chi connectivity index (χ0) is 35.4. The van der Waals surface area contributed by atoms with Crippen molar-refractivity contribution in [2.75, 3.05) is 25.7 Å². The average molecular weight is 711 g/mol. The van der Waals surface area contributed by atoms with E-state index in [9.17, 15) is 31.5 Å². The van der Waals surface area contributed by atoms with Gasteiger partial charge in [-0.3, -0.25) is 0 Å². The molecule has 0 amide bonds. The second kappa shape index (κ2) is 17.1. The molecule has 0 bridgehead atoms. The lowest BCUT2D eigenvalue weighted by Crippen LogP contribution is -2.05. The molecule has 0 unspecified atom stereocenters. The van der Waals surface area contributed by atoms with Gasteiger partial charge >= 0.3 is 11.9 Å². The highest BCUT2D eigenvalue weighted by atomic mass is 35.5. The van der Waals surface area contributed by atoms with E-state index in [1.54, 1.807) is 6.92 Å². The van der Waals surface area contributed by atoms with Gasteiger partial charge in [-0.05, 0) is 48.5 Å². The monoisotopic (exact) mass is 710 g/mol. The molecule has 0 atom stereocenters. The minimum atomic E-state index is -3.38. The molecule has 3 N–H and O–H groups in total. The van der Waals surface area contributed by atoms with Gasteiger partial charge in [-0.15, -0.1) is 0 Å². The molecule has 0 aliphatic rings. The van der Waals surface area contributed by atoms with E-state index in [0.717, 1.165) is 6.07 Å². The number of pyridine rings is 2. The Labute approximate surface area is 276 Å². The van der Waals surface area contributed by atoms with Crippen molar-refractivity contribution in [3.05, 3.63) is 89.2 Å². The molecular formula is C30H31ClN2O12S2. The van der Waals surface area contributed by atoms with Crippen molar-refractivity contribution in [1.29, 1.82) is 0 Å². The highest BCUT2D eigenvalue weighted by Gasteiger charge is 2.15. The minimum absolute atomic E-state index is 0.0430. The van der Waals surface area contributed by atoms with E-state index >= 15 is 0 Å². The molecular weight excluding hydrogens is 680 g/mol. The van der Waals surface area contributed by atoms with Crippen LogP contribution < -0.4 is 4.74 Å². The first-order chi connectivity index (χ1) is 22.0. The van der Waals surface area contributed by atoms with E-state index in [4.69, 9.17) is 26.6 Å². The first kappa shape index (κ1) is 38.3. The van der Waals surface area contributed by atoms with Crippen molar-refractivity contribution >= 4 is 43.2 Å². The SMILES string of the molecule is CCS(=O)(=O)c1ccc(Cl)cn1.CCS(=O)(=O)c1ccc(Oc2cc(O)cc(C(=O)OC)c2)cn1.COC(=O)c1cc(O)cc(O)c1. The number of hydrogen-bond donors (Lipinski definition) is 3. The number of nitrogens with zero attached hydrogens (tertiary/aromatic N) is 2. The van der Waals surface area contributed by atoms with E-state index < -0.39 is 31.6 Å². The average Bonchev–Trinajstić information content (AvgIpc) is 3.04. The first-order valence-corrected chi connectivity index (χ1v) is 17.0. The van der Waals surface area contributed by atoms with Gasteiger partial charge in [0.15, 0.2) is 29.7 Å². The molecule has 17 heteroatoms. The van der Waals surface area contributed by atoms with Crippen molar-refractivity contribution in [2.24, 2.45) is 0 Å². The van der Waals surface area contributed by atoms with Crippen molar-refractivity contribution in [3.8, 4) is 28.7 Å². The Bertz CT molecular complexity index is 1880. The van der Waals surface area contributed by atoms with Crippen molar-refractivity contribution in [2.45, 2.75) is 23.9 Å². The van der Waals surface area contributed by atoms with Crippen LogP contribution in [-0.2, 0) is 29.1 Å². The summed E-state index contributed by atoms with van der Waals surface area (Å²) < 4.78 is 60.2. The summed E-state index contributed by atoms with van der Waals surface area (Å²) >= 11 is 5.55. The fourth-order valence-corrected chi connectivity index (χ4v) is 4.98. The number of sulfone groups is 2. The number of hydrogen-bond acceptors (Lipinski definition) is 14. The van der Waals surface area contributed by atoms with E-state index in [0.29, 0.717) is 5.02 Å². The van der Waals surface area contributed by atoms with Crippen LogP contribution in [0, 0.1) is 0 Å². The molecule has 4 rings (SSSR count). The molecule has 0 spiro atoms. The summed E-state index contributed by atoms with van der Waals surface area (Å²) in [4.78, 5) is 29.9. The number of ether oxygens (including phenoxy) is 3. The molecule has 2 aromatic heterocycles.